The molecule has 0 fully saturated rings. The Morgan fingerprint density at radius 1 is 1.43 bits per heavy atom. The van der Waals surface area contributed by atoms with Gasteiger partial charge in [-0.25, -0.2) is 0 Å². The highest BCUT2D eigenvalue weighted by Crippen LogP contribution is 2.26. The monoisotopic (exact) mass is 211 g/mol. The van der Waals surface area contributed by atoms with Crippen LogP contribution in [0.2, 0.25) is 0 Å². The molecule has 5 heteroatoms. The second kappa shape index (κ2) is 4.90. The number of hydrogen-bond acceptors (Lipinski definition) is 4. The largest absolute Gasteiger partial charge is 0.495 e. The van der Waals surface area contributed by atoms with E-state index in [9.17, 15) is 0 Å². The van der Waals surface area contributed by atoms with E-state index in [1.807, 2.05) is 24.3 Å². The summed E-state index contributed by atoms with van der Waals surface area (Å²) in [6.07, 6.45) is 0. The van der Waals surface area contributed by atoms with Crippen molar-refractivity contribution < 1.29 is 4.74 Å². The molecule has 1 rings (SSSR count). The molecule has 1 aromatic carbocycles. The molecular weight excluding hydrogens is 198 g/mol. The highest BCUT2D eigenvalue weighted by atomic mass is 32.1. The van der Waals surface area contributed by atoms with Gasteiger partial charge in [0.2, 0.25) is 0 Å². The van der Waals surface area contributed by atoms with E-state index >= 15 is 0 Å². The maximum atomic E-state index is 5.61. The van der Waals surface area contributed by atoms with Crippen molar-refractivity contribution in [3.63, 3.8) is 0 Å². The zero-order valence-corrected chi connectivity index (χ0v) is 8.99. The summed E-state index contributed by atoms with van der Waals surface area (Å²) in [4.78, 5) is 0. The smallest absolute Gasteiger partial charge is 0.144 e. The molecule has 0 aliphatic rings. The lowest BCUT2D eigenvalue weighted by Gasteiger charge is -2.26. The fraction of sp³-hybridized carbons (Fsp3) is 0.222. The summed E-state index contributed by atoms with van der Waals surface area (Å²) in [6, 6.07) is 7.52. The third-order valence-corrected chi connectivity index (χ3v) is 1.97. The summed E-state index contributed by atoms with van der Waals surface area (Å²) in [5.74, 6) is 6.34. The van der Waals surface area contributed by atoms with Gasteiger partial charge in [-0.2, -0.15) is 5.12 Å². The summed E-state index contributed by atoms with van der Waals surface area (Å²) in [5, 5.41) is 3.01. The Morgan fingerprint density at radius 3 is 2.57 bits per heavy atom. The number of benzene rings is 1. The normalized spacial score (nSPS) is 10.0. The number of para-hydroxylation sites is 2. The lowest BCUT2D eigenvalue weighted by Crippen LogP contribution is -2.43. The molecule has 14 heavy (non-hydrogen) atoms. The zero-order valence-electron chi connectivity index (χ0n) is 8.18. The lowest BCUT2D eigenvalue weighted by molar-refractivity contribution is 0.359. The second-order valence-corrected chi connectivity index (χ2v) is 2.91. The molecule has 0 amide bonds. The molecule has 1 aromatic rings. The zero-order chi connectivity index (χ0) is 10.6. The van der Waals surface area contributed by atoms with Crippen LogP contribution in [0.25, 0.3) is 0 Å². The molecule has 0 bridgehead atoms. The molecule has 0 unspecified atom stereocenters. The van der Waals surface area contributed by atoms with Gasteiger partial charge in [-0.15, -0.1) is 0 Å². The standard InChI is InChI=1S/C9H13N3OS/c1-11(10)12(7-14)8-5-3-4-6-9(8)13-2/h3-7H,10H2,1-2H3. The number of ether oxygens (including phenoxy) is 1. The summed E-state index contributed by atoms with van der Waals surface area (Å²) < 4.78 is 5.19. The maximum absolute atomic E-state index is 5.61. The van der Waals surface area contributed by atoms with E-state index in [1.165, 1.54) is 10.6 Å². The van der Waals surface area contributed by atoms with Gasteiger partial charge in [-0.3, -0.25) is 10.9 Å². The van der Waals surface area contributed by atoms with Gasteiger partial charge in [0.15, 0.2) is 0 Å². The Kier molecular flexibility index (Phi) is 3.82. The average Bonchev–Trinajstić information content (AvgIpc) is 2.19. The van der Waals surface area contributed by atoms with Crippen LogP contribution in [0.1, 0.15) is 0 Å². The number of nitrogens with zero attached hydrogens (tertiary/aromatic N) is 2. The minimum Gasteiger partial charge on any atom is -0.495 e. The third-order valence-electron chi connectivity index (χ3n) is 1.77. The lowest BCUT2D eigenvalue weighted by atomic mass is 10.3. The van der Waals surface area contributed by atoms with Crippen LogP contribution in [0, 0.1) is 0 Å². The molecule has 0 aliphatic carbocycles. The van der Waals surface area contributed by atoms with E-state index in [-0.39, 0.29) is 0 Å². The van der Waals surface area contributed by atoms with E-state index < -0.39 is 0 Å². The van der Waals surface area contributed by atoms with Gasteiger partial charge >= 0.3 is 0 Å². The second-order valence-electron chi connectivity index (χ2n) is 2.70. The first-order chi connectivity index (χ1) is 6.70. The highest BCUT2D eigenvalue weighted by molar-refractivity contribution is 7.79. The Hall–Kier alpha value is -1.17. The predicted octanol–water partition coefficient (Wildman–Crippen LogP) is 1.18. The minimum atomic E-state index is 0.728. The van der Waals surface area contributed by atoms with Crippen molar-refractivity contribution in [2.75, 3.05) is 19.2 Å². The average molecular weight is 211 g/mol. The summed E-state index contributed by atoms with van der Waals surface area (Å²) in [7, 11) is 3.31. The Labute approximate surface area is 88.8 Å². The van der Waals surface area contributed by atoms with E-state index in [0.717, 1.165) is 11.4 Å². The van der Waals surface area contributed by atoms with Gasteiger partial charge in [0.25, 0.3) is 0 Å². The topological polar surface area (TPSA) is 41.7 Å². The Bertz CT molecular complexity index is 317. The number of thiocarbonyl (C=S) groups is 1. The first-order valence-corrected chi connectivity index (χ1v) is 4.53. The molecular formula is C9H13N3OS. The highest BCUT2D eigenvalue weighted by Gasteiger charge is 2.10. The Balaban J connectivity index is 3.08. The number of anilines is 1. The minimum absolute atomic E-state index is 0.728. The molecule has 0 saturated carbocycles. The first-order valence-electron chi connectivity index (χ1n) is 4.06. The quantitative estimate of drug-likeness (QED) is 0.460. The van der Waals surface area contributed by atoms with E-state index in [0.29, 0.717) is 0 Å². The van der Waals surface area contributed by atoms with E-state index in [2.05, 4.69) is 0 Å². The fourth-order valence-electron chi connectivity index (χ4n) is 1.12. The van der Waals surface area contributed by atoms with Gasteiger partial charge < -0.3 is 4.74 Å². The number of nitrogens with two attached hydrogens (primary N) is 1. The number of hydrazine groups is 2. The molecule has 0 aliphatic heterocycles. The van der Waals surface area contributed by atoms with Crippen molar-refractivity contribution in [1.29, 1.82) is 0 Å². The summed E-state index contributed by atoms with van der Waals surface area (Å²) >= 11 is 4.86. The molecule has 0 spiro atoms. The van der Waals surface area contributed by atoms with E-state index in [1.54, 1.807) is 19.2 Å². The van der Waals surface area contributed by atoms with Crippen LogP contribution >= 0.6 is 12.2 Å². The van der Waals surface area contributed by atoms with E-state index in [4.69, 9.17) is 22.8 Å². The van der Waals surface area contributed by atoms with Crippen molar-refractivity contribution in [3.05, 3.63) is 24.3 Å². The van der Waals surface area contributed by atoms with Crippen LogP contribution in [0.5, 0.6) is 5.75 Å². The predicted molar refractivity (Wildman–Crippen MR) is 61.1 cm³/mol. The van der Waals surface area contributed by atoms with Crippen LogP contribution in [0.15, 0.2) is 24.3 Å². The first kappa shape index (κ1) is 10.9. The van der Waals surface area contributed by atoms with Gasteiger partial charge in [0.1, 0.15) is 11.4 Å². The number of hydrogen-bond donors (Lipinski definition) is 1. The van der Waals surface area contributed by atoms with Crippen LogP contribution < -0.4 is 15.6 Å². The number of methoxy groups -OCH3 is 1. The van der Waals surface area contributed by atoms with Crippen molar-refractivity contribution in [2.24, 2.45) is 5.84 Å². The molecule has 2 N–H and O–H groups in total. The Morgan fingerprint density at radius 2 is 2.07 bits per heavy atom. The van der Waals surface area contributed by atoms with Crippen LogP contribution in [-0.4, -0.2) is 24.8 Å². The molecule has 4 nitrogen and oxygen atoms in total. The molecule has 0 atom stereocenters. The summed E-state index contributed by atoms with van der Waals surface area (Å²) in [5.41, 5.74) is 2.27. The molecule has 76 valence electrons. The van der Waals surface area contributed by atoms with Crippen molar-refractivity contribution in [2.45, 2.75) is 0 Å². The number of rotatable bonds is 4. The van der Waals surface area contributed by atoms with Crippen molar-refractivity contribution in [1.82, 2.24) is 5.12 Å². The van der Waals surface area contributed by atoms with Gasteiger partial charge in [0.05, 0.1) is 12.6 Å². The fourth-order valence-corrected chi connectivity index (χ4v) is 1.38. The van der Waals surface area contributed by atoms with Gasteiger partial charge in [-0.1, -0.05) is 24.4 Å². The van der Waals surface area contributed by atoms with Crippen LogP contribution in [-0.2, 0) is 0 Å². The maximum Gasteiger partial charge on any atom is 0.144 e. The SMILES string of the molecule is COc1ccccc1N(C=S)N(C)N. The molecule has 0 radical (unpaired) electrons. The third kappa shape index (κ3) is 2.20. The summed E-state index contributed by atoms with van der Waals surface area (Å²) in [6.45, 7) is 0. The van der Waals surface area contributed by atoms with Gasteiger partial charge in [-0.05, 0) is 12.1 Å². The molecule has 0 aromatic heterocycles. The van der Waals surface area contributed by atoms with Crippen molar-refractivity contribution in [3.8, 4) is 5.75 Å². The van der Waals surface area contributed by atoms with Crippen LogP contribution in [0.3, 0.4) is 0 Å². The van der Waals surface area contributed by atoms with Gasteiger partial charge in [0, 0.05) is 7.05 Å². The molecule has 0 heterocycles. The van der Waals surface area contributed by atoms with Crippen molar-refractivity contribution >= 4 is 23.4 Å². The molecule has 0 saturated heterocycles. The van der Waals surface area contributed by atoms with Crippen LogP contribution in [0.4, 0.5) is 5.69 Å².